The van der Waals surface area contributed by atoms with Gasteiger partial charge in [-0.3, -0.25) is 9.48 Å². The van der Waals surface area contributed by atoms with Gasteiger partial charge in [-0.15, -0.1) is 0 Å². The summed E-state index contributed by atoms with van der Waals surface area (Å²) in [5, 5.41) is 7.17. The van der Waals surface area contributed by atoms with Gasteiger partial charge in [-0.25, -0.2) is 0 Å². The summed E-state index contributed by atoms with van der Waals surface area (Å²) in [6.07, 6.45) is 0.798. The zero-order valence-corrected chi connectivity index (χ0v) is 12.3. The second kappa shape index (κ2) is 5.36. The van der Waals surface area contributed by atoms with E-state index in [0.717, 1.165) is 23.2 Å². The highest BCUT2D eigenvalue weighted by atomic mass is 16.2. The second-order valence-electron chi connectivity index (χ2n) is 4.92. The minimum absolute atomic E-state index is 0.194. The number of nitrogens with one attached hydrogen (secondary N) is 1. The maximum absolute atomic E-state index is 12.4. The minimum atomic E-state index is -0.194. The van der Waals surface area contributed by atoms with Gasteiger partial charge in [0, 0.05) is 7.05 Å². The molecule has 0 spiro atoms. The summed E-state index contributed by atoms with van der Waals surface area (Å²) in [5.41, 5.74) is 10.7. The molecule has 1 heterocycles. The highest BCUT2D eigenvalue weighted by molar-refractivity contribution is 6.05. The van der Waals surface area contributed by atoms with Crippen LogP contribution in [0.1, 0.15) is 34.2 Å². The van der Waals surface area contributed by atoms with Crippen molar-refractivity contribution in [1.29, 1.82) is 0 Å². The molecule has 0 unspecified atom stereocenters. The SMILES string of the molecule is CCc1cc(C(=O)Nc2c(N)ccc(C)c2C)n(C)n1. The van der Waals surface area contributed by atoms with Gasteiger partial charge in [0.2, 0.25) is 0 Å². The number of hydrogen-bond acceptors (Lipinski definition) is 3. The van der Waals surface area contributed by atoms with Crippen molar-refractivity contribution >= 4 is 17.3 Å². The highest BCUT2D eigenvalue weighted by Crippen LogP contribution is 2.26. The lowest BCUT2D eigenvalue weighted by Gasteiger charge is -2.13. The molecule has 0 aliphatic carbocycles. The number of aryl methyl sites for hydroxylation is 3. The van der Waals surface area contributed by atoms with Crippen LogP contribution in [0.3, 0.4) is 0 Å². The van der Waals surface area contributed by atoms with Crippen molar-refractivity contribution in [3.8, 4) is 0 Å². The van der Waals surface area contributed by atoms with E-state index >= 15 is 0 Å². The summed E-state index contributed by atoms with van der Waals surface area (Å²) in [7, 11) is 1.76. The van der Waals surface area contributed by atoms with Crippen molar-refractivity contribution in [2.45, 2.75) is 27.2 Å². The number of aromatic nitrogens is 2. The molecule has 0 fully saturated rings. The standard InChI is InChI=1S/C15H20N4O/c1-5-11-8-13(19(4)18-11)15(20)17-14-10(3)9(2)6-7-12(14)16/h6-8H,5,16H2,1-4H3,(H,17,20). The van der Waals surface area contributed by atoms with E-state index in [-0.39, 0.29) is 5.91 Å². The summed E-state index contributed by atoms with van der Waals surface area (Å²) in [6, 6.07) is 5.55. The lowest BCUT2D eigenvalue weighted by molar-refractivity contribution is 0.101. The van der Waals surface area contributed by atoms with Gasteiger partial charge in [-0.2, -0.15) is 5.10 Å². The van der Waals surface area contributed by atoms with Crippen LogP contribution in [0.2, 0.25) is 0 Å². The van der Waals surface area contributed by atoms with Crippen LogP contribution in [0.25, 0.3) is 0 Å². The van der Waals surface area contributed by atoms with E-state index in [1.54, 1.807) is 23.9 Å². The highest BCUT2D eigenvalue weighted by Gasteiger charge is 2.15. The molecule has 0 bridgehead atoms. The monoisotopic (exact) mass is 272 g/mol. The summed E-state index contributed by atoms with van der Waals surface area (Å²) in [4.78, 5) is 12.4. The van der Waals surface area contributed by atoms with Crippen LogP contribution in [0, 0.1) is 13.8 Å². The first-order chi connectivity index (χ1) is 9.43. The second-order valence-corrected chi connectivity index (χ2v) is 4.92. The topological polar surface area (TPSA) is 72.9 Å². The van der Waals surface area contributed by atoms with Crippen molar-refractivity contribution in [1.82, 2.24) is 9.78 Å². The third-order valence-corrected chi connectivity index (χ3v) is 3.53. The van der Waals surface area contributed by atoms with Crippen molar-refractivity contribution in [2.24, 2.45) is 7.05 Å². The summed E-state index contributed by atoms with van der Waals surface area (Å²) >= 11 is 0. The zero-order valence-electron chi connectivity index (χ0n) is 12.3. The number of nitrogens with two attached hydrogens (primary N) is 1. The van der Waals surface area contributed by atoms with Crippen LogP contribution >= 0.6 is 0 Å². The van der Waals surface area contributed by atoms with Gasteiger partial charge in [0.05, 0.1) is 17.1 Å². The number of benzene rings is 1. The van der Waals surface area contributed by atoms with Gasteiger partial charge >= 0.3 is 0 Å². The van der Waals surface area contributed by atoms with Crippen molar-refractivity contribution in [3.05, 3.63) is 40.7 Å². The van der Waals surface area contributed by atoms with Crippen molar-refractivity contribution < 1.29 is 4.79 Å². The van der Waals surface area contributed by atoms with E-state index in [9.17, 15) is 4.79 Å². The molecule has 3 N–H and O–H groups in total. The Morgan fingerprint density at radius 2 is 2.10 bits per heavy atom. The van der Waals surface area contributed by atoms with Gasteiger partial charge in [0.25, 0.3) is 5.91 Å². The normalized spacial score (nSPS) is 10.6. The van der Waals surface area contributed by atoms with Crippen LogP contribution < -0.4 is 11.1 Å². The van der Waals surface area contributed by atoms with E-state index in [1.165, 1.54) is 0 Å². The Kier molecular flexibility index (Phi) is 3.79. The van der Waals surface area contributed by atoms with E-state index in [1.807, 2.05) is 26.8 Å². The first-order valence-electron chi connectivity index (χ1n) is 6.64. The number of amides is 1. The average molecular weight is 272 g/mol. The lowest BCUT2D eigenvalue weighted by Crippen LogP contribution is -2.18. The van der Waals surface area contributed by atoms with Gasteiger partial charge < -0.3 is 11.1 Å². The van der Waals surface area contributed by atoms with Crippen LogP contribution in [0.5, 0.6) is 0 Å². The number of carbonyl (C=O) groups is 1. The Hall–Kier alpha value is -2.30. The molecule has 1 aromatic carbocycles. The average Bonchev–Trinajstić information content (AvgIpc) is 2.80. The fourth-order valence-electron chi connectivity index (χ4n) is 2.09. The molecule has 20 heavy (non-hydrogen) atoms. The summed E-state index contributed by atoms with van der Waals surface area (Å²) < 4.78 is 1.59. The number of nitrogen functional groups attached to an aromatic ring is 1. The predicted octanol–water partition coefficient (Wildman–Crippen LogP) is 2.43. The quantitative estimate of drug-likeness (QED) is 0.843. The van der Waals surface area contributed by atoms with E-state index in [0.29, 0.717) is 17.1 Å². The molecule has 0 saturated heterocycles. The van der Waals surface area contributed by atoms with Gasteiger partial charge in [-0.1, -0.05) is 13.0 Å². The molecule has 2 aromatic rings. The fraction of sp³-hybridized carbons (Fsp3) is 0.333. The molecular weight excluding hydrogens is 252 g/mol. The zero-order chi connectivity index (χ0) is 14.9. The van der Waals surface area contributed by atoms with Crippen molar-refractivity contribution in [3.63, 3.8) is 0 Å². The summed E-state index contributed by atoms with van der Waals surface area (Å²) in [6.45, 7) is 5.94. The van der Waals surface area contributed by atoms with Crippen molar-refractivity contribution in [2.75, 3.05) is 11.1 Å². The number of hydrogen-bond donors (Lipinski definition) is 2. The number of carbonyl (C=O) groups excluding carboxylic acids is 1. The first kappa shape index (κ1) is 14.1. The predicted molar refractivity (Wildman–Crippen MR) is 80.9 cm³/mol. The van der Waals surface area contributed by atoms with E-state index < -0.39 is 0 Å². The third kappa shape index (κ3) is 2.52. The molecule has 0 aliphatic heterocycles. The van der Waals surface area contributed by atoms with Gasteiger partial charge in [0.15, 0.2) is 0 Å². The molecule has 1 aromatic heterocycles. The third-order valence-electron chi connectivity index (χ3n) is 3.53. The lowest BCUT2D eigenvalue weighted by atomic mass is 10.1. The Bertz CT molecular complexity index is 658. The van der Waals surface area contributed by atoms with E-state index in [2.05, 4.69) is 10.4 Å². The molecule has 0 saturated carbocycles. The number of rotatable bonds is 3. The molecule has 0 radical (unpaired) electrons. The smallest absolute Gasteiger partial charge is 0.273 e. The van der Waals surface area contributed by atoms with Crippen LogP contribution in [-0.4, -0.2) is 15.7 Å². The summed E-state index contributed by atoms with van der Waals surface area (Å²) in [5.74, 6) is -0.194. The van der Waals surface area contributed by atoms with Crippen LogP contribution in [0.15, 0.2) is 18.2 Å². The molecule has 5 nitrogen and oxygen atoms in total. The maximum atomic E-state index is 12.4. The number of anilines is 2. The molecular formula is C15H20N4O. The molecule has 1 amide bonds. The van der Waals surface area contributed by atoms with E-state index in [4.69, 9.17) is 5.73 Å². The largest absolute Gasteiger partial charge is 0.397 e. The first-order valence-corrected chi connectivity index (χ1v) is 6.64. The molecule has 0 aliphatic rings. The molecule has 5 heteroatoms. The molecule has 106 valence electrons. The van der Waals surface area contributed by atoms with Gasteiger partial charge in [-0.05, 0) is 43.5 Å². The van der Waals surface area contributed by atoms with Gasteiger partial charge in [0.1, 0.15) is 5.69 Å². The Balaban J connectivity index is 2.32. The molecule has 2 rings (SSSR count). The minimum Gasteiger partial charge on any atom is -0.397 e. The maximum Gasteiger partial charge on any atom is 0.273 e. The van der Waals surface area contributed by atoms with Crippen LogP contribution in [0.4, 0.5) is 11.4 Å². The fourth-order valence-corrected chi connectivity index (χ4v) is 2.09. The van der Waals surface area contributed by atoms with Crippen LogP contribution in [-0.2, 0) is 13.5 Å². The Morgan fingerprint density at radius 1 is 1.40 bits per heavy atom. The number of nitrogens with zero attached hydrogens (tertiary/aromatic N) is 2. The Labute approximate surface area is 118 Å². The molecule has 0 atom stereocenters. The Morgan fingerprint density at radius 3 is 2.70 bits per heavy atom.